The van der Waals surface area contributed by atoms with Crippen molar-refractivity contribution in [3.05, 3.63) is 22.7 Å². The summed E-state index contributed by atoms with van der Waals surface area (Å²) in [5.74, 6) is 0. The van der Waals surface area contributed by atoms with Crippen LogP contribution in [0.15, 0.2) is 17.7 Å². The van der Waals surface area contributed by atoms with E-state index in [0.29, 0.717) is 13.1 Å². The molecule has 0 saturated carbocycles. The first-order valence-electron chi connectivity index (χ1n) is 4.34. The molecule has 1 N–H and O–H groups in total. The Bertz CT molecular complexity index is 359. The van der Waals surface area contributed by atoms with Gasteiger partial charge in [-0.3, -0.25) is 0 Å². The lowest BCUT2D eigenvalue weighted by Gasteiger charge is -2.22. The molecule has 1 aromatic heterocycles. The van der Waals surface area contributed by atoms with Crippen LogP contribution >= 0.6 is 11.3 Å². The van der Waals surface area contributed by atoms with Crippen molar-refractivity contribution in [2.45, 2.75) is 6.42 Å². The summed E-state index contributed by atoms with van der Waals surface area (Å²) in [6, 6.07) is 0. The van der Waals surface area contributed by atoms with E-state index in [2.05, 4.69) is 4.98 Å². The number of thiazole rings is 1. The SMILES string of the molecule is O=C(O)N1CC=C(c2nccs2)CC1. The number of rotatable bonds is 1. The van der Waals surface area contributed by atoms with Crippen LogP contribution in [-0.4, -0.2) is 34.2 Å². The highest BCUT2D eigenvalue weighted by atomic mass is 32.1. The maximum atomic E-state index is 10.6. The highest BCUT2D eigenvalue weighted by Crippen LogP contribution is 2.23. The standard InChI is InChI=1S/C9H10N2O2S/c12-9(13)11-4-1-7(2-5-11)8-10-3-6-14-8/h1,3,6H,2,4-5H2,(H,12,13). The third-order valence-corrected chi connectivity index (χ3v) is 3.04. The molecule has 2 heterocycles. The Morgan fingerprint density at radius 3 is 3.00 bits per heavy atom. The minimum absolute atomic E-state index is 0.476. The molecule has 5 heteroatoms. The average Bonchev–Trinajstić information content (AvgIpc) is 2.71. The van der Waals surface area contributed by atoms with Crippen LogP contribution in [0.2, 0.25) is 0 Å². The molecule has 74 valence electrons. The molecule has 0 spiro atoms. The van der Waals surface area contributed by atoms with Crippen molar-refractivity contribution in [1.29, 1.82) is 0 Å². The van der Waals surface area contributed by atoms with E-state index in [1.54, 1.807) is 17.5 Å². The van der Waals surface area contributed by atoms with E-state index in [9.17, 15) is 4.79 Å². The van der Waals surface area contributed by atoms with Gasteiger partial charge in [0.05, 0.1) is 0 Å². The van der Waals surface area contributed by atoms with Gasteiger partial charge in [-0.25, -0.2) is 9.78 Å². The van der Waals surface area contributed by atoms with Crippen LogP contribution in [-0.2, 0) is 0 Å². The summed E-state index contributed by atoms with van der Waals surface area (Å²) in [6.07, 6.45) is 3.63. The molecule has 0 atom stereocenters. The minimum Gasteiger partial charge on any atom is -0.465 e. The Balaban J connectivity index is 2.09. The van der Waals surface area contributed by atoms with Crippen molar-refractivity contribution in [1.82, 2.24) is 9.88 Å². The van der Waals surface area contributed by atoms with Crippen molar-refractivity contribution in [3.63, 3.8) is 0 Å². The van der Waals surface area contributed by atoms with Crippen molar-refractivity contribution >= 4 is 23.0 Å². The van der Waals surface area contributed by atoms with E-state index in [-0.39, 0.29) is 0 Å². The molecule has 4 nitrogen and oxygen atoms in total. The maximum absolute atomic E-state index is 10.6. The number of carboxylic acid groups (broad SMARTS) is 1. The molecule has 1 amide bonds. The van der Waals surface area contributed by atoms with Crippen LogP contribution in [0.3, 0.4) is 0 Å². The number of hydrogen-bond acceptors (Lipinski definition) is 3. The smallest absolute Gasteiger partial charge is 0.407 e. The largest absolute Gasteiger partial charge is 0.465 e. The molecule has 0 fully saturated rings. The molecule has 14 heavy (non-hydrogen) atoms. The van der Waals surface area contributed by atoms with E-state index >= 15 is 0 Å². The van der Waals surface area contributed by atoms with Crippen molar-refractivity contribution in [2.75, 3.05) is 13.1 Å². The van der Waals surface area contributed by atoms with E-state index in [0.717, 1.165) is 17.0 Å². The summed E-state index contributed by atoms with van der Waals surface area (Å²) in [5, 5.41) is 11.7. The molecule has 0 saturated heterocycles. The summed E-state index contributed by atoms with van der Waals surface area (Å²) in [6.45, 7) is 1.05. The first kappa shape index (κ1) is 9.21. The third-order valence-electron chi connectivity index (χ3n) is 2.19. The Hall–Kier alpha value is -1.36. The minimum atomic E-state index is -0.848. The number of aromatic nitrogens is 1. The second kappa shape index (κ2) is 3.79. The van der Waals surface area contributed by atoms with E-state index in [1.165, 1.54) is 4.90 Å². The summed E-state index contributed by atoms with van der Waals surface area (Å²) in [7, 11) is 0. The van der Waals surface area contributed by atoms with Gasteiger partial charge < -0.3 is 10.0 Å². The normalized spacial score (nSPS) is 16.6. The fourth-order valence-corrected chi connectivity index (χ4v) is 2.13. The maximum Gasteiger partial charge on any atom is 0.407 e. The van der Waals surface area contributed by atoms with E-state index < -0.39 is 6.09 Å². The zero-order valence-electron chi connectivity index (χ0n) is 7.51. The molecular formula is C9H10N2O2S. The number of amides is 1. The molecule has 0 aromatic carbocycles. The zero-order valence-corrected chi connectivity index (χ0v) is 8.33. The van der Waals surface area contributed by atoms with Gasteiger partial charge in [-0.05, 0) is 12.0 Å². The van der Waals surface area contributed by atoms with Crippen molar-refractivity contribution in [3.8, 4) is 0 Å². The summed E-state index contributed by atoms with van der Waals surface area (Å²) < 4.78 is 0. The fraction of sp³-hybridized carbons (Fsp3) is 0.333. The molecule has 0 aliphatic carbocycles. The Labute approximate surface area is 85.5 Å². The van der Waals surface area contributed by atoms with E-state index in [4.69, 9.17) is 5.11 Å². The van der Waals surface area contributed by atoms with Gasteiger partial charge in [0.1, 0.15) is 5.01 Å². The number of nitrogens with zero attached hydrogens (tertiary/aromatic N) is 2. The first-order chi connectivity index (χ1) is 6.77. The Morgan fingerprint density at radius 2 is 2.50 bits per heavy atom. The van der Waals surface area contributed by atoms with Crippen LogP contribution in [0.4, 0.5) is 4.79 Å². The Kier molecular flexibility index (Phi) is 2.49. The first-order valence-corrected chi connectivity index (χ1v) is 5.22. The van der Waals surface area contributed by atoms with Crippen LogP contribution in [0, 0.1) is 0 Å². The second-order valence-corrected chi connectivity index (χ2v) is 3.94. The number of carbonyl (C=O) groups is 1. The molecule has 0 unspecified atom stereocenters. The fourth-order valence-electron chi connectivity index (χ4n) is 1.42. The van der Waals surface area contributed by atoms with Gasteiger partial charge in [0, 0.05) is 24.7 Å². The predicted octanol–water partition coefficient (Wildman–Crippen LogP) is 1.91. The van der Waals surface area contributed by atoms with Crippen LogP contribution in [0.1, 0.15) is 11.4 Å². The molecule has 1 aliphatic heterocycles. The van der Waals surface area contributed by atoms with Gasteiger partial charge in [-0.15, -0.1) is 11.3 Å². The average molecular weight is 210 g/mol. The molecule has 0 radical (unpaired) electrons. The van der Waals surface area contributed by atoms with Gasteiger partial charge in [0.25, 0.3) is 0 Å². The van der Waals surface area contributed by atoms with Gasteiger partial charge in [-0.1, -0.05) is 6.08 Å². The molecule has 1 aromatic rings. The second-order valence-electron chi connectivity index (χ2n) is 3.05. The summed E-state index contributed by atoms with van der Waals surface area (Å²) in [5.41, 5.74) is 1.16. The predicted molar refractivity (Wildman–Crippen MR) is 54.3 cm³/mol. The van der Waals surface area contributed by atoms with Gasteiger partial charge in [-0.2, -0.15) is 0 Å². The molecule has 2 rings (SSSR count). The van der Waals surface area contributed by atoms with Gasteiger partial charge >= 0.3 is 6.09 Å². The molecular weight excluding hydrogens is 200 g/mol. The molecule has 1 aliphatic rings. The third kappa shape index (κ3) is 1.77. The summed E-state index contributed by atoms with van der Waals surface area (Å²) in [4.78, 5) is 16.2. The lowest BCUT2D eigenvalue weighted by atomic mass is 10.1. The lowest BCUT2D eigenvalue weighted by Crippen LogP contribution is -2.33. The van der Waals surface area contributed by atoms with Crippen molar-refractivity contribution in [2.24, 2.45) is 0 Å². The van der Waals surface area contributed by atoms with Crippen molar-refractivity contribution < 1.29 is 9.90 Å². The van der Waals surface area contributed by atoms with Crippen LogP contribution in [0.5, 0.6) is 0 Å². The van der Waals surface area contributed by atoms with Gasteiger partial charge in [0.2, 0.25) is 0 Å². The molecule has 0 bridgehead atoms. The monoisotopic (exact) mass is 210 g/mol. The highest BCUT2D eigenvalue weighted by Gasteiger charge is 2.17. The topological polar surface area (TPSA) is 53.4 Å². The highest BCUT2D eigenvalue weighted by molar-refractivity contribution is 7.10. The van der Waals surface area contributed by atoms with Crippen LogP contribution < -0.4 is 0 Å². The Morgan fingerprint density at radius 1 is 1.64 bits per heavy atom. The summed E-state index contributed by atoms with van der Waals surface area (Å²) >= 11 is 1.59. The van der Waals surface area contributed by atoms with Crippen LogP contribution in [0.25, 0.3) is 5.57 Å². The quantitative estimate of drug-likeness (QED) is 0.770. The number of hydrogen-bond donors (Lipinski definition) is 1. The zero-order chi connectivity index (χ0) is 9.97. The van der Waals surface area contributed by atoms with E-state index in [1.807, 2.05) is 11.5 Å². The van der Waals surface area contributed by atoms with Gasteiger partial charge in [0.15, 0.2) is 0 Å². The lowest BCUT2D eigenvalue weighted by molar-refractivity contribution is 0.150.